The maximum absolute atomic E-state index is 10.7. The molecule has 1 heterocycles. The minimum absolute atomic E-state index is 0.0173. The van der Waals surface area contributed by atoms with Gasteiger partial charge in [0.1, 0.15) is 0 Å². The highest BCUT2D eigenvalue weighted by molar-refractivity contribution is 5.89. The molecule has 0 radical (unpaired) electrons. The molecular formula is C21H24N4O2. The van der Waals surface area contributed by atoms with Crippen LogP contribution >= 0.6 is 0 Å². The molecular weight excluding hydrogens is 340 g/mol. The second-order valence-electron chi connectivity index (χ2n) is 7.44. The van der Waals surface area contributed by atoms with E-state index in [2.05, 4.69) is 68.4 Å². The molecule has 6 heteroatoms. The lowest BCUT2D eigenvalue weighted by Gasteiger charge is -2.41. The molecule has 140 valence electrons. The van der Waals surface area contributed by atoms with E-state index in [0.717, 1.165) is 11.1 Å². The van der Waals surface area contributed by atoms with Gasteiger partial charge in [-0.3, -0.25) is 15.5 Å². The molecule has 1 aliphatic rings. The summed E-state index contributed by atoms with van der Waals surface area (Å²) < 4.78 is 0. The molecule has 3 rings (SSSR count). The molecule has 2 aromatic rings. The third kappa shape index (κ3) is 3.69. The summed E-state index contributed by atoms with van der Waals surface area (Å²) in [5.41, 5.74) is 9.52. The number of hydrogen-bond donors (Lipinski definition) is 1. The number of hydrogen-bond acceptors (Lipinski definition) is 5. The van der Waals surface area contributed by atoms with Gasteiger partial charge in [0, 0.05) is 30.4 Å². The molecule has 1 aliphatic heterocycles. The van der Waals surface area contributed by atoms with E-state index in [4.69, 9.17) is 0 Å². The Labute approximate surface area is 159 Å². The summed E-state index contributed by atoms with van der Waals surface area (Å²) in [4.78, 5) is 12.6. The molecule has 27 heavy (non-hydrogen) atoms. The van der Waals surface area contributed by atoms with Gasteiger partial charge in [0.25, 0.3) is 5.69 Å². The highest BCUT2D eigenvalue weighted by atomic mass is 16.6. The van der Waals surface area contributed by atoms with Crippen molar-refractivity contribution in [3.63, 3.8) is 0 Å². The summed E-state index contributed by atoms with van der Waals surface area (Å²) in [6.07, 6.45) is 4.06. The van der Waals surface area contributed by atoms with Gasteiger partial charge in [0.05, 0.1) is 22.4 Å². The number of nitro groups is 1. The van der Waals surface area contributed by atoms with Crippen molar-refractivity contribution in [3.05, 3.63) is 69.3 Å². The highest BCUT2D eigenvalue weighted by Crippen LogP contribution is 2.38. The van der Waals surface area contributed by atoms with Crippen LogP contribution in [-0.4, -0.2) is 23.7 Å². The molecule has 0 bridgehead atoms. The number of aryl methyl sites for hydroxylation is 1. The average Bonchev–Trinajstić information content (AvgIpc) is 2.61. The molecule has 6 nitrogen and oxygen atoms in total. The normalized spacial score (nSPS) is 15.4. The van der Waals surface area contributed by atoms with Crippen LogP contribution in [0.1, 0.15) is 37.5 Å². The summed E-state index contributed by atoms with van der Waals surface area (Å²) in [6.45, 7) is 8.62. The minimum Gasteiger partial charge on any atom is -0.365 e. The molecule has 0 aliphatic carbocycles. The molecule has 1 N–H and O–H groups in total. The number of fused-ring (bicyclic) bond motifs is 1. The van der Waals surface area contributed by atoms with Crippen molar-refractivity contribution in [1.82, 2.24) is 0 Å². The zero-order valence-corrected chi connectivity index (χ0v) is 16.3. The number of allylic oxidation sites excluding steroid dienone is 1. The van der Waals surface area contributed by atoms with Crippen LogP contribution in [0.3, 0.4) is 0 Å². The Morgan fingerprint density at radius 2 is 1.85 bits per heavy atom. The van der Waals surface area contributed by atoms with Gasteiger partial charge >= 0.3 is 0 Å². The first-order chi connectivity index (χ1) is 12.7. The molecule has 0 saturated carbocycles. The van der Waals surface area contributed by atoms with Gasteiger partial charge in [-0.05, 0) is 68.7 Å². The minimum atomic E-state index is -0.419. The van der Waals surface area contributed by atoms with E-state index in [9.17, 15) is 10.1 Å². The molecule has 0 saturated heterocycles. The van der Waals surface area contributed by atoms with Crippen LogP contribution in [0.2, 0.25) is 0 Å². The molecule has 0 aromatic heterocycles. The van der Waals surface area contributed by atoms with Crippen molar-refractivity contribution in [1.29, 1.82) is 0 Å². The number of nitro benzene ring substituents is 1. The van der Waals surface area contributed by atoms with Crippen molar-refractivity contribution in [2.24, 2.45) is 5.10 Å². The standard InChI is InChI=1S/C21H24N4O2/c1-14-10-20-19(15(2)12-21(3,4)24(20)5)11-16(14)13-22-23-17-6-8-18(9-7-17)25(26)27/h6-13,23H,1-5H3/b22-13+. The summed E-state index contributed by atoms with van der Waals surface area (Å²) in [6, 6.07) is 10.5. The number of non-ortho nitro benzene ring substituents is 1. The molecule has 0 amide bonds. The monoisotopic (exact) mass is 364 g/mol. The maximum atomic E-state index is 10.7. The Kier molecular flexibility index (Phi) is 4.74. The number of nitrogens with zero attached hydrogens (tertiary/aromatic N) is 3. The number of benzene rings is 2. The first-order valence-electron chi connectivity index (χ1n) is 8.81. The lowest BCUT2D eigenvalue weighted by molar-refractivity contribution is -0.384. The molecule has 0 fully saturated rings. The van der Waals surface area contributed by atoms with Crippen LogP contribution in [0.25, 0.3) is 5.57 Å². The topological polar surface area (TPSA) is 70.8 Å². The first-order valence-corrected chi connectivity index (χ1v) is 8.81. The van der Waals surface area contributed by atoms with E-state index in [-0.39, 0.29) is 11.2 Å². The van der Waals surface area contributed by atoms with Gasteiger partial charge in [0.15, 0.2) is 0 Å². The fourth-order valence-electron chi connectivity index (χ4n) is 3.29. The van der Waals surface area contributed by atoms with Crippen molar-refractivity contribution < 1.29 is 4.92 Å². The zero-order valence-electron chi connectivity index (χ0n) is 16.3. The molecule has 0 unspecified atom stereocenters. The van der Waals surface area contributed by atoms with Crippen molar-refractivity contribution >= 4 is 28.8 Å². The molecule has 0 atom stereocenters. The SMILES string of the molecule is CC1=CC(C)(C)N(C)c2cc(C)c(/C=N/Nc3ccc([N+](=O)[O-])cc3)cc21. The molecule has 2 aromatic carbocycles. The summed E-state index contributed by atoms with van der Waals surface area (Å²) in [5, 5.41) is 15.0. The quantitative estimate of drug-likeness (QED) is 0.472. The largest absolute Gasteiger partial charge is 0.365 e. The van der Waals surface area contributed by atoms with E-state index >= 15 is 0 Å². The lowest BCUT2D eigenvalue weighted by Crippen LogP contribution is -2.42. The van der Waals surface area contributed by atoms with Crippen LogP contribution in [-0.2, 0) is 0 Å². The Morgan fingerprint density at radius 3 is 2.48 bits per heavy atom. The fraction of sp³-hybridized carbons (Fsp3) is 0.286. The Morgan fingerprint density at radius 1 is 1.19 bits per heavy atom. The van der Waals surface area contributed by atoms with Gasteiger partial charge in [-0.2, -0.15) is 5.10 Å². The van der Waals surface area contributed by atoms with Crippen molar-refractivity contribution in [3.8, 4) is 0 Å². The van der Waals surface area contributed by atoms with Crippen LogP contribution in [0.4, 0.5) is 17.1 Å². The summed E-state index contributed by atoms with van der Waals surface area (Å²) in [7, 11) is 2.12. The van der Waals surface area contributed by atoms with E-state index < -0.39 is 4.92 Å². The van der Waals surface area contributed by atoms with Gasteiger partial charge in [-0.25, -0.2) is 0 Å². The van der Waals surface area contributed by atoms with E-state index in [1.165, 1.54) is 29.0 Å². The van der Waals surface area contributed by atoms with Gasteiger partial charge < -0.3 is 4.90 Å². The van der Waals surface area contributed by atoms with Crippen molar-refractivity contribution in [2.75, 3.05) is 17.4 Å². The molecule has 0 spiro atoms. The zero-order chi connectivity index (χ0) is 19.8. The Bertz CT molecular complexity index is 943. The van der Waals surface area contributed by atoms with Crippen LogP contribution in [0, 0.1) is 17.0 Å². The average molecular weight is 364 g/mol. The van der Waals surface area contributed by atoms with Gasteiger partial charge in [0.2, 0.25) is 0 Å². The smallest absolute Gasteiger partial charge is 0.269 e. The van der Waals surface area contributed by atoms with E-state index in [1.807, 2.05) is 0 Å². The Balaban J connectivity index is 1.83. The van der Waals surface area contributed by atoms with Crippen LogP contribution in [0.15, 0.2) is 47.6 Å². The second kappa shape index (κ2) is 6.87. The maximum Gasteiger partial charge on any atom is 0.269 e. The van der Waals surface area contributed by atoms with Gasteiger partial charge in [-0.1, -0.05) is 6.08 Å². The Hall–Kier alpha value is -3.15. The van der Waals surface area contributed by atoms with Crippen LogP contribution < -0.4 is 10.3 Å². The van der Waals surface area contributed by atoms with Crippen LogP contribution in [0.5, 0.6) is 0 Å². The van der Waals surface area contributed by atoms with Gasteiger partial charge in [-0.15, -0.1) is 0 Å². The van der Waals surface area contributed by atoms with E-state index in [1.54, 1.807) is 18.3 Å². The van der Waals surface area contributed by atoms with Crippen molar-refractivity contribution in [2.45, 2.75) is 33.2 Å². The number of nitrogens with one attached hydrogen (secondary N) is 1. The number of hydrazone groups is 1. The highest BCUT2D eigenvalue weighted by Gasteiger charge is 2.28. The predicted molar refractivity (Wildman–Crippen MR) is 112 cm³/mol. The number of rotatable bonds is 4. The summed E-state index contributed by atoms with van der Waals surface area (Å²) >= 11 is 0. The summed E-state index contributed by atoms with van der Waals surface area (Å²) in [5.74, 6) is 0. The number of anilines is 2. The number of likely N-dealkylation sites (N-methyl/N-ethyl adjacent to an activating group) is 1. The second-order valence-corrected chi connectivity index (χ2v) is 7.44. The fourth-order valence-corrected chi connectivity index (χ4v) is 3.29. The first kappa shape index (κ1) is 18.6. The third-order valence-corrected chi connectivity index (χ3v) is 5.08. The lowest BCUT2D eigenvalue weighted by atomic mass is 9.87. The van der Waals surface area contributed by atoms with E-state index in [0.29, 0.717) is 5.69 Å². The third-order valence-electron chi connectivity index (χ3n) is 5.08. The predicted octanol–water partition coefficient (Wildman–Crippen LogP) is 4.98.